The lowest BCUT2D eigenvalue weighted by atomic mass is 10.1. The molecule has 0 N–H and O–H groups in total. The summed E-state index contributed by atoms with van der Waals surface area (Å²) in [6.45, 7) is 6.98. The van der Waals surface area contributed by atoms with E-state index in [4.69, 9.17) is 9.72 Å². The second-order valence-corrected chi connectivity index (χ2v) is 6.93. The van der Waals surface area contributed by atoms with Crippen molar-refractivity contribution in [3.8, 4) is 5.75 Å². The Kier molecular flexibility index (Phi) is 3.95. The Hall–Kier alpha value is -1.65. The Balaban J connectivity index is 1.52. The molecule has 0 spiro atoms. The third kappa shape index (κ3) is 2.93. The maximum Gasteiger partial charge on any atom is 0.119 e. The van der Waals surface area contributed by atoms with Gasteiger partial charge in [0, 0.05) is 37.1 Å². The Morgan fingerprint density at radius 2 is 2.13 bits per heavy atom. The predicted octanol–water partition coefficient (Wildman–Crippen LogP) is 2.91. The van der Waals surface area contributed by atoms with Gasteiger partial charge in [0.05, 0.1) is 18.3 Å². The van der Waals surface area contributed by atoms with Crippen LogP contribution in [0.25, 0.3) is 10.9 Å². The van der Waals surface area contributed by atoms with Crippen molar-refractivity contribution in [1.82, 2.24) is 14.8 Å². The maximum atomic E-state index is 5.29. The summed E-state index contributed by atoms with van der Waals surface area (Å²) in [6.07, 6.45) is 2.72. The second kappa shape index (κ2) is 6.10. The van der Waals surface area contributed by atoms with Crippen molar-refractivity contribution in [2.24, 2.45) is 0 Å². The van der Waals surface area contributed by atoms with Gasteiger partial charge in [0.25, 0.3) is 0 Å². The predicted molar refractivity (Wildman–Crippen MR) is 92.8 cm³/mol. The average molecular weight is 311 g/mol. The van der Waals surface area contributed by atoms with Gasteiger partial charge in [-0.1, -0.05) is 6.07 Å². The van der Waals surface area contributed by atoms with Crippen LogP contribution in [0.3, 0.4) is 0 Å². The molecule has 2 atom stereocenters. The highest BCUT2D eigenvalue weighted by Gasteiger charge is 2.34. The summed E-state index contributed by atoms with van der Waals surface area (Å²) in [5.41, 5.74) is 2.22. The summed E-state index contributed by atoms with van der Waals surface area (Å²) < 4.78 is 5.29. The molecule has 1 aromatic carbocycles. The average Bonchev–Trinajstić information content (AvgIpc) is 3.01. The number of nitrogens with zero attached hydrogens (tertiary/aromatic N) is 3. The normalized spacial score (nSPS) is 25.7. The minimum absolute atomic E-state index is 0.609. The third-order valence-electron chi connectivity index (χ3n) is 5.39. The van der Waals surface area contributed by atoms with Gasteiger partial charge in [-0.3, -0.25) is 14.8 Å². The van der Waals surface area contributed by atoms with Crippen molar-refractivity contribution < 1.29 is 4.74 Å². The lowest BCUT2D eigenvalue weighted by Gasteiger charge is -2.42. The summed E-state index contributed by atoms with van der Waals surface area (Å²) in [7, 11) is 1.70. The molecule has 2 saturated heterocycles. The number of ether oxygens (including phenoxy) is 1. The zero-order valence-corrected chi connectivity index (χ0v) is 14.0. The van der Waals surface area contributed by atoms with E-state index in [0.717, 1.165) is 29.2 Å². The number of aromatic nitrogens is 1. The number of hydrogen-bond acceptors (Lipinski definition) is 4. The summed E-state index contributed by atoms with van der Waals surface area (Å²) >= 11 is 0. The van der Waals surface area contributed by atoms with E-state index in [-0.39, 0.29) is 0 Å². The van der Waals surface area contributed by atoms with Gasteiger partial charge in [-0.15, -0.1) is 0 Å². The van der Waals surface area contributed by atoms with Crippen LogP contribution in [0.4, 0.5) is 0 Å². The van der Waals surface area contributed by atoms with E-state index in [1.165, 1.54) is 38.2 Å². The number of piperazine rings is 1. The maximum absolute atomic E-state index is 5.29. The fraction of sp³-hybridized carbons (Fsp3) is 0.526. The molecule has 4 heteroatoms. The van der Waals surface area contributed by atoms with Crippen LogP contribution in [0.1, 0.15) is 25.5 Å². The molecule has 4 nitrogen and oxygen atoms in total. The van der Waals surface area contributed by atoms with Crippen LogP contribution >= 0.6 is 0 Å². The summed E-state index contributed by atoms with van der Waals surface area (Å²) in [5.74, 6) is 0.887. The van der Waals surface area contributed by atoms with Crippen molar-refractivity contribution in [2.75, 3.05) is 26.7 Å². The molecule has 3 heterocycles. The highest BCUT2D eigenvalue weighted by Crippen LogP contribution is 2.26. The Labute approximate surface area is 138 Å². The molecule has 2 fully saturated rings. The zero-order chi connectivity index (χ0) is 15.8. The van der Waals surface area contributed by atoms with E-state index >= 15 is 0 Å². The zero-order valence-electron chi connectivity index (χ0n) is 14.0. The SMILES string of the molecule is COc1ccc2nc(CN3CC4CCCN4C[C@H]3C)ccc2c1. The first kappa shape index (κ1) is 14.9. The van der Waals surface area contributed by atoms with Gasteiger partial charge in [-0.05, 0) is 50.6 Å². The Morgan fingerprint density at radius 3 is 3.00 bits per heavy atom. The molecule has 2 aromatic rings. The molecular formula is C19H25N3O. The van der Waals surface area contributed by atoms with Crippen molar-refractivity contribution in [3.05, 3.63) is 36.0 Å². The first-order chi connectivity index (χ1) is 11.2. The van der Waals surface area contributed by atoms with Gasteiger partial charge in [0.2, 0.25) is 0 Å². The molecular weight excluding hydrogens is 286 g/mol. The quantitative estimate of drug-likeness (QED) is 0.871. The van der Waals surface area contributed by atoms with Crippen LogP contribution < -0.4 is 4.74 Å². The van der Waals surface area contributed by atoms with Gasteiger partial charge in [-0.25, -0.2) is 0 Å². The van der Waals surface area contributed by atoms with E-state index in [9.17, 15) is 0 Å². The molecule has 122 valence electrons. The number of fused-ring (bicyclic) bond motifs is 2. The number of pyridine rings is 1. The minimum Gasteiger partial charge on any atom is -0.497 e. The smallest absolute Gasteiger partial charge is 0.119 e. The number of benzene rings is 1. The minimum atomic E-state index is 0.609. The standard InChI is InChI=1S/C19H25N3O/c1-14-11-21-9-3-4-17(21)13-22(14)12-16-6-5-15-10-18(23-2)7-8-19(15)20-16/h5-8,10,14,17H,3-4,9,11-13H2,1-2H3/t14-,17?/m1/s1. The Morgan fingerprint density at radius 1 is 1.22 bits per heavy atom. The summed E-state index contributed by atoms with van der Waals surface area (Å²) in [5, 5.41) is 1.14. The largest absolute Gasteiger partial charge is 0.497 e. The summed E-state index contributed by atoms with van der Waals surface area (Å²) in [6, 6.07) is 11.8. The van der Waals surface area contributed by atoms with Crippen LogP contribution in [0.15, 0.2) is 30.3 Å². The molecule has 1 aromatic heterocycles. The van der Waals surface area contributed by atoms with Gasteiger partial charge >= 0.3 is 0 Å². The molecule has 23 heavy (non-hydrogen) atoms. The molecule has 2 aliphatic rings. The number of hydrogen-bond donors (Lipinski definition) is 0. The molecule has 0 amide bonds. The highest BCUT2D eigenvalue weighted by atomic mass is 16.5. The van der Waals surface area contributed by atoms with Crippen molar-refractivity contribution in [1.29, 1.82) is 0 Å². The van der Waals surface area contributed by atoms with Gasteiger partial charge in [0.1, 0.15) is 5.75 Å². The van der Waals surface area contributed by atoms with E-state index in [1.54, 1.807) is 7.11 Å². The lowest BCUT2D eigenvalue weighted by molar-refractivity contribution is 0.0532. The molecule has 0 aliphatic carbocycles. The van der Waals surface area contributed by atoms with E-state index < -0.39 is 0 Å². The van der Waals surface area contributed by atoms with Crippen LogP contribution in [0.2, 0.25) is 0 Å². The second-order valence-electron chi connectivity index (χ2n) is 6.93. The fourth-order valence-corrected chi connectivity index (χ4v) is 4.04. The monoisotopic (exact) mass is 311 g/mol. The molecule has 0 saturated carbocycles. The fourth-order valence-electron chi connectivity index (χ4n) is 4.04. The van der Waals surface area contributed by atoms with Crippen LogP contribution in [0, 0.1) is 0 Å². The molecule has 1 unspecified atom stereocenters. The van der Waals surface area contributed by atoms with E-state index in [0.29, 0.717) is 6.04 Å². The molecule has 2 aliphatic heterocycles. The molecule has 0 radical (unpaired) electrons. The van der Waals surface area contributed by atoms with Crippen LogP contribution in [-0.4, -0.2) is 53.6 Å². The molecule has 0 bridgehead atoms. The number of methoxy groups -OCH3 is 1. The van der Waals surface area contributed by atoms with Crippen LogP contribution in [0.5, 0.6) is 5.75 Å². The topological polar surface area (TPSA) is 28.6 Å². The number of rotatable bonds is 3. The third-order valence-corrected chi connectivity index (χ3v) is 5.39. The Bertz CT molecular complexity index is 702. The summed E-state index contributed by atoms with van der Waals surface area (Å²) in [4.78, 5) is 10.1. The van der Waals surface area contributed by atoms with Crippen LogP contribution in [-0.2, 0) is 6.54 Å². The van der Waals surface area contributed by atoms with Crippen molar-refractivity contribution >= 4 is 10.9 Å². The molecule has 4 rings (SSSR count). The van der Waals surface area contributed by atoms with Gasteiger partial charge < -0.3 is 4.74 Å². The van der Waals surface area contributed by atoms with E-state index in [1.807, 2.05) is 12.1 Å². The van der Waals surface area contributed by atoms with E-state index in [2.05, 4.69) is 34.9 Å². The first-order valence-corrected chi connectivity index (χ1v) is 8.65. The van der Waals surface area contributed by atoms with Gasteiger partial charge in [-0.2, -0.15) is 0 Å². The first-order valence-electron chi connectivity index (χ1n) is 8.65. The highest BCUT2D eigenvalue weighted by molar-refractivity contribution is 5.80. The van der Waals surface area contributed by atoms with Crippen molar-refractivity contribution in [2.45, 2.75) is 38.4 Å². The lowest BCUT2D eigenvalue weighted by Crippen LogP contribution is -2.54. The van der Waals surface area contributed by atoms with Gasteiger partial charge in [0.15, 0.2) is 0 Å². The van der Waals surface area contributed by atoms with Crippen molar-refractivity contribution in [3.63, 3.8) is 0 Å².